The van der Waals surface area contributed by atoms with Crippen LogP contribution in [0.15, 0.2) is 87.4 Å². The molecule has 0 saturated heterocycles. The molecule has 0 aliphatic heterocycles. The van der Waals surface area contributed by atoms with Crippen molar-refractivity contribution >= 4 is 28.1 Å². The number of hydrogen-bond acceptors (Lipinski definition) is 8. The summed E-state index contributed by atoms with van der Waals surface area (Å²) in [5, 5.41) is 3.88. The third-order valence-corrected chi connectivity index (χ3v) is 6.29. The zero-order chi connectivity index (χ0) is 24.4. The first-order chi connectivity index (χ1) is 16.4. The Bertz CT molecular complexity index is 1210. The van der Waals surface area contributed by atoms with E-state index in [9.17, 15) is 18.0 Å². The number of methoxy groups -OCH3 is 1. The molecule has 0 fully saturated rings. The fourth-order valence-electron chi connectivity index (χ4n) is 2.77. The molecule has 0 spiro atoms. The number of nitrogens with one attached hydrogen (secondary N) is 1. The molecule has 0 bridgehead atoms. The summed E-state index contributed by atoms with van der Waals surface area (Å²) in [7, 11) is -2.68. The second-order valence-corrected chi connectivity index (χ2v) is 8.83. The minimum Gasteiger partial charge on any atom is -0.482 e. The van der Waals surface area contributed by atoms with Gasteiger partial charge in [-0.15, -0.1) is 0 Å². The molecule has 3 rings (SSSR count). The predicted octanol–water partition coefficient (Wildman–Crippen LogP) is 2.17. The number of rotatable bonds is 11. The number of benzene rings is 2. The smallest absolute Gasteiger partial charge is 0.343 e. The number of sulfonamides is 1. The molecule has 0 aliphatic carbocycles. The van der Waals surface area contributed by atoms with Crippen LogP contribution in [0.3, 0.4) is 0 Å². The van der Waals surface area contributed by atoms with Gasteiger partial charge in [-0.2, -0.15) is 9.41 Å². The van der Waals surface area contributed by atoms with Gasteiger partial charge in [0.15, 0.2) is 6.61 Å². The van der Waals surface area contributed by atoms with Gasteiger partial charge in [-0.3, -0.25) is 4.79 Å². The van der Waals surface area contributed by atoms with Crippen LogP contribution in [0.5, 0.6) is 5.75 Å². The molecule has 10 nitrogen and oxygen atoms in total. The fourth-order valence-corrected chi connectivity index (χ4v) is 4.15. The summed E-state index contributed by atoms with van der Waals surface area (Å²) in [5.74, 6) is -0.263. The van der Waals surface area contributed by atoms with Crippen LogP contribution in [-0.2, 0) is 30.9 Å². The molecule has 11 heteroatoms. The molecule has 0 atom stereocenters. The highest BCUT2D eigenvalue weighted by atomic mass is 32.2. The Hall–Kier alpha value is -3.96. The van der Waals surface area contributed by atoms with Crippen LogP contribution in [0.2, 0.25) is 0 Å². The van der Waals surface area contributed by atoms with Gasteiger partial charge in [-0.1, -0.05) is 18.2 Å². The fraction of sp³-hybridized carbons (Fsp3) is 0.174. The highest BCUT2D eigenvalue weighted by Crippen LogP contribution is 2.18. The zero-order valence-electron chi connectivity index (χ0n) is 18.3. The minimum absolute atomic E-state index is 0.0624. The maximum absolute atomic E-state index is 13.1. The molecule has 2 aromatic carbocycles. The first kappa shape index (κ1) is 24.7. The Labute approximate surface area is 196 Å². The van der Waals surface area contributed by atoms with Crippen LogP contribution < -0.4 is 10.2 Å². The van der Waals surface area contributed by atoms with Crippen LogP contribution in [0, 0.1) is 0 Å². The van der Waals surface area contributed by atoms with Crippen LogP contribution >= 0.6 is 0 Å². The first-order valence-electron chi connectivity index (χ1n) is 10.1. The summed E-state index contributed by atoms with van der Waals surface area (Å²) in [6, 6.07) is 17.7. The summed E-state index contributed by atoms with van der Waals surface area (Å²) in [6.07, 6.45) is 2.82. The number of esters is 1. The monoisotopic (exact) mass is 485 g/mol. The van der Waals surface area contributed by atoms with Crippen molar-refractivity contribution in [2.45, 2.75) is 11.4 Å². The molecule has 0 aliphatic rings. The van der Waals surface area contributed by atoms with Crippen molar-refractivity contribution in [1.29, 1.82) is 0 Å². The number of furan rings is 1. The van der Waals surface area contributed by atoms with Crippen molar-refractivity contribution in [2.75, 3.05) is 20.3 Å². The van der Waals surface area contributed by atoms with E-state index in [-0.39, 0.29) is 18.0 Å². The van der Waals surface area contributed by atoms with Crippen molar-refractivity contribution in [3.8, 4) is 5.75 Å². The largest absolute Gasteiger partial charge is 0.482 e. The van der Waals surface area contributed by atoms with Crippen molar-refractivity contribution in [3.05, 3.63) is 84.3 Å². The van der Waals surface area contributed by atoms with E-state index >= 15 is 0 Å². The molecule has 3 aromatic rings. The lowest BCUT2D eigenvalue weighted by atomic mass is 10.2. The van der Waals surface area contributed by atoms with E-state index in [0.29, 0.717) is 17.1 Å². The van der Waals surface area contributed by atoms with Gasteiger partial charge < -0.3 is 13.9 Å². The van der Waals surface area contributed by atoms with E-state index in [2.05, 4.69) is 15.3 Å². The Balaban J connectivity index is 1.62. The molecular formula is C23H23N3O7S. The van der Waals surface area contributed by atoms with Crippen molar-refractivity contribution < 1.29 is 31.9 Å². The SMILES string of the molecule is COC(=O)COc1ccc(/C=N/NC(=O)CN(Cc2ccco2)S(=O)(=O)c2ccccc2)cc1. The molecule has 178 valence electrons. The van der Waals surface area contributed by atoms with E-state index < -0.39 is 28.4 Å². The summed E-state index contributed by atoms with van der Waals surface area (Å²) >= 11 is 0. The molecule has 0 unspecified atom stereocenters. The summed E-state index contributed by atoms with van der Waals surface area (Å²) < 4.78 is 42.1. The average Bonchev–Trinajstić information content (AvgIpc) is 3.36. The van der Waals surface area contributed by atoms with Crippen LogP contribution in [0.4, 0.5) is 0 Å². The summed E-state index contributed by atoms with van der Waals surface area (Å²) in [4.78, 5) is 23.6. The van der Waals surface area contributed by atoms with Gasteiger partial charge in [0.05, 0.1) is 37.6 Å². The molecule has 0 radical (unpaired) electrons. The van der Waals surface area contributed by atoms with E-state index in [4.69, 9.17) is 9.15 Å². The lowest BCUT2D eigenvalue weighted by Gasteiger charge is -2.20. The van der Waals surface area contributed by atoms with Crippen LogP contribution in [0.25, 0.3) is 0 Å². The standard InChI is InChI=1S/C23H23N3O7S/c1-31-23(28)17-33-19-11-9-18(10-12-19)14-24-25-22(27)16-26(15-20-6-5-13-32-20)34(29,30)21-7-3-2-4-8-21/h2-14H,15-17H2,1H3,(H,25,27)/b24-14+. The molecule has 1 aromatic heterocycles. The van der Waals surface area contributed by atoms with E-state index in [1.807, 2.05) is 0 Å². The topological polar surface area (TPSA) is 128 Å². The van der Waals surface area contributed by atoms with Crippen molar-refractivity contribution in [3.63, 3.8) is 0 Å². The van der Waals surface area contributed by atoms with Gasteiger partial charge in [0.2, 0.25) is 10.0 Å². The van der Waals surface area contributed by atoms with Gasteiger partial charge in [0, 0.05) is 0 Å². The number of carbonyl (C=O) groups is 2. The lowest BCUT2D eigenvalue weighted by Crippen LogP contribution is -2.38. The molecule has 1 N–H and O–H groups in total. The third-order valence-electron chi connectivity index (χ3n) is 4.48. The maximum Gasteiger partial charge on any atom is 0.343 e. The quantitative estimate of drug-likeness (QED) is 0.250. The van der Waals surface area contributed by atoms with Gasteiger partial charge in [0.1, 0.15) is 11.5 Å². The molecule has 34 heavy (non-hydrogen) atoms. The number of hydrogen-bond donors (Lipinski definition) is 1. The van der Waals surface area contributed by atoms with Crippen LogP contribution in [0.1, 0.15) is 11.3 Å². The maximum atomic E-state index is 13.1. The minimum atomic E-state index is -3.95. The van der Waals surface area contributed by atoms with E-state index in [1.165, 1.54) is 31.7 Å². The Morgan fingerprint density at radius 2 is 1.79 bits per heavy atom. The Kier molecular flexibility index (Phi) is 8.54. The van der Waals surface area contributed by atoms with Crippen molar-refractivity contribution in [1.82, 2.24) is 9.73 Å². The lowest BCUT2D eigenvalue weighted by molar-refractivity contribution is -0.142. The second-order valence-electron chi connectivity index (χ2n) is 6.89. The molecule has 1 amide bonds. The van der Waals surface area contributed by atoms with Crippen molar-refractivity contribution in [2.24, 2.45) is 5.10 Å². The zero-order valence-corrected chi connectivity index (χ0v) is 19.1. The van der Waals surface area contributed by atoms with Gasteiger partial charge in [0.25, 0.3) is 5.91 Å². The number of nitrogens with zero attached hydrogens (tertiary/aromatic N) is 2. The highest BCUT2D eigenvalue weighted by Gasteiger charge is 2.27. The highest BCUT2D eigenvalue weighted by molar-refractivity contribution is 7.89. The van der Waals surface area contributed by atoms with Gasteiger partial charge in [-0.25, -0.2) is 18.6 Å². The van der Waals surface area contributed by atoms with Gasteiger partial charge in [-0.05, 0) is 54.1 Å². The normalized spacial score (nSPS) is 11.5. The summed E-state index contributed by atoms with van der Waals surface area (Å²) in [6.45, 7) is -0.787. The Morgan fingerprint density at radius 1 is 1.06 bits per heavy atom. The number of hydrazone groups is 1. The van der Waals surface area contributed by atoms with Gasteiger partial charge >= 0.3 is 5.97 Å². The predicted molar refractivity (Wildman–Crippen MR) is 122 cm³/mol. The first-order valence-corrected chi connectivity index (χ1v) is 11.5. The Morgan fingerprint density at radius 3 is 2.44 bits per heavy atom. The third kappa shape index (κ3) is 7.02. The van der Waals surface area contributed by atoms with E-state index in [0.717, 1.165) is 4.31 Å². The molecular weight excluding hydrogens is 462 g/mol. The number of carbonyl (C=O) groups excluding carboxylic acids is 2. The average molecular weight is 486 g/mol. The molecule has 0 saturated carbocycles. The second kappa shape index (κ2) is 11.8. The summed E-state index contributed by atoms with van der Waals surface area (Å²) in [5.41, 5.74) is 2.98. The van der Waals surface area contributed by atoms with E-state index in [1.54, 1.807) is 54.6 Å². The number of ether oxygens (including phenoxy) is 2. The van der Waals surface area contributed by atoms with Crippen LogP contribution in [-0.4, -0.2) is 51.1 Å². The molecule has 1 heterocycles. The number of amides is 1.